The normalized spacial score (nSPS) is 17.6. The fourth-order valence-electron chi connectivity index (χ4n) is 3.94. The highest BCUT2D eigenvalue weighted by molar-refractivity contribution is 7.18. The zero-order valence-electron chi connectivity index (χ0n) is 18.5. The zero-order valence-corrected chi connectivity index (χ0v) is 19.3. The number of nitrogens with zero attached hydrogens (tertiary/aromatic N) is 2. The summed E-state index contributed by atoms with van der Waals surface area (Å²) < 4.78 is 13.7. The van der Waals surface area contributed by atoms with Crippen molar-refractivity contribution < 1.29 is 23.9 Å². The van der Waals surface area contributed by atoms with Crippen molar-refractivity contribution >= 4 is 39.7 Å². The maximum Gasteiger partial charge on any atom is 0.301 e. The molecule has 6 nitrogen and oxygen atoms in total. The molecular weight excluding hydrogens is 443 g/mol. The summed E-state index contributed by atoms with van der Waals surface area (Å²) in [5, 5.41) is 11.4. The summed E-state index contributed by atoms with van der Waals surface area (Å²) in [5.41, 5.74) is 2.79. The first-order valence-corrected chi connectivity index (χ1v) is 11.0. The highest BCUT2D eigenvalue weighted by Gasteiger charge is 2.48. The van der Waals surface area contributed by atoms with E-state index >= 15 is 0 Å². The van der Waals surface area contributed by atoms with E-state index < -0.39 is 23.5 Å². The number of ketones is 2. The number of rotatable bonds is 4. The second-order valence-electron chi connectivity index (χ2n) is 8.01. The van der Waals surface area contributed by atoms with Gasteiger partial charge in [-0.25, -0.2) is 9.37 Å². The minimum atomic E-state index is -1.03. The monoisotopic (exact) mass is 464 g/mol. The molecule has 1 atom stereocenters. The number of aromatic nitrogens is 1. The van der Waals surface area contributed by atoms with Gasteiger partial charge in [0.25, 0.3) is 5.78 Å². The minimum Gasteiger partial charge on any atom is -0.507 e. The number of aliphatic hydroxyl groups is 1. The van der Waals surface area contributed by atoms with E-state index in [2.05, 4.69) is 4.98 Å². The van der Waals surface area contributed by atoms with E-state index in [1.54, 1.807) is 19.9 Å². The SMILES string of the molecule is CC(=O)c1sc(N2C(=O)C(=O)/C(=C(/O)c3cc(C)ccc3C)C2c2ccc(F)cc2)nc1C. The Morgan fingerprint density at radius 2 is 1.76 bits per heavy atom. The predicted molar refractivity (Wildman–Crippen MR) is 124 cm³/mol. The lowest BCUT2D eigenvalue weighted by Gasteiger charge is -2.23. The predicted octanol–water partition coefficient (Wildman–Crippen LogP) is 5.04. The lowest BCUT2D eigenvalue weighted by Crippen LogP contribution is -2.29. The van der Waals surface area contributed by atoms with E-state index in [1.165, 1.54) is 36.1 Å². The van der Waals surface area contributed by atoms with Crippen LogP contribution >= 0.6 is 11.3 Å². The molecule has 0 saturated carbocycles. The molecule has 1 fully saturated rings. The Morgan fingerprint density at radius 1 is 1.09 bits per heavy atom. The van der Waals surface area contributed by atoms with Gasteiger partial charge in [0.2, 0.25) is 0 Å². The quantitative estimate of drug-likeness (QED) is 0.253. The number of Topliss-reactive ketones (excluding diaryl/α,β-unsaturated/α-hetero) is 2. The van der Waals surface area contributed by atoms with E-state index in [0.717, 1.165) is 22.5 Å². The molecule has 3 aromatic rings. The van der Waals surface area contributed by atoms with Gasteiger partial charge in [0, 0.05) is 12.5 Å². The number of carbonyl (C=O) groups is 3. The maximum absolute atomic E-state index is 13.7. The van der Waals surface area contributed by atoms with E-state index in [9.17, 15) is 23.9 Å². The van der Waals surface area contributed by atoms with Crippen LogP contribution in [-0.2, 0) is 9.59 Å². The molecule has 1 saturated heterocycles. The van der Waals surface area contributed by atoms with Gasteiger partial charge >= 0.3 is 5.91 Å². The molecule has 0 spiro atoms. The third kappa shape index (κ3) is 3.87. The van der Waals surface area contributed by atoms with Crippen LogP contribution in [0.2, 0.25) is 0 Å². The van der Waals surface area contributed by atoms with Crippen LogP contribution in [0.15, 0.2) is 48.0 Å². The smallest absolute Gasteiger partial charge is 0.301 e. The van der Waals surface area contributed by atoms with Crippen molar-refractivity contribution in [1.29, 1.82) is 0 Å². The first kappa shape index (κ1) is 22.5. The fraction of sp³-hybridized carbons (Fsp3) is 0.200. The van der Waals surface area contributed by atoms with Crippen LogP contribution in [0.5, 0.6) is 0 Å². The highest BCUT2D eigenvalue weighted by Crippen LogP contribution is 2.44. The van der Waals surface area contributed by atoms with Crippen molar-refractivity contribution in [2.75, 3.05) is 4.90 Å². The largest absolute Gasteiger partial charge is 0.507 e. The number of anilines is 1. The van der Waals surface area contributed by atoms with Gasteiger partial charge in [0.15, 0.2) is 10.9 Å². The van der Waals surface area contributed by atoms with E-state index in [4.69, 9.17) is 0 Å². The highest BCUT2D eigenvalue weighted by atomic mass is 32.1. The van der Waals surface area contributed by atoms with Gasteiger partial charge in [-0.1, -0.05) is 41.2 Å². The first-order valence-electron chi connectivity index (χ1n) is 10.2. The number of benzene rings is 2. The van der Waals surface area contributed by atoms with Crippen LogP contribution in [0.25, 0.3) is 5.76 Å². The maximum atomic E-state index is 13.7. The van der Waals surface area contributed by atoms with Crippen LogP contribution in [0.4, 0.5) is 9.52 Å². The average Bonchev–Trinajstić information content (AvgIpc) is 3.27. The Kier molecular flexibility index (Phi) is 5.71. The molecule has 1 unspecified atom stereocenters. The second kappa shape index (κ2) is 8.37. The molecule has 1 N–H and O–H groups in total. The number of halogens is 1. The Labute approximate surface area is 194 Å². The Balaban J connectivity index is 1.98. The fourth-order valence-corrected chi connectivity index (χ4v) is 4.93. The molecule has 33 heavy (non-hydrogen) atoms. The Hall–Kier alpha value is -3.65. The summed E-state index contributed by atoms with van der Waals surface area (Å²) in [5.74, 6) is -2.75. The van der Waals surface area contributed by atoms with E-state index in [0.29, 0.717) is 21.7 Å². The molecule has 2 heterocycles. The molecule has 4 rings (SSSR count). The number of carbonyl (C=O) groups excluding carboxylic acids is 3. The summed E-state index contributed by atoms with van der Waals surface area (Å²) in [7, 11) is 0. The summed E-state index contributed by atoms with van der Waals surface area (Å²) in [6.07, 6.45) is 0. The third-order valence-electron chi connectivity index (χ3n) is 5.59. The summed E-state index contributed by atoms with van der Waals surface area (Å²) in [6.45, 7) is 6.70. The Morgan fingerprint density at radius 3 is 2.36 bits per heavy atom. The molecule has 1 amide bonds. The van der Waals surface area contributed by atoms with Crippen LogP contribution in [0.1, 0.15) is 50.6 Å². The standard InChI is InChI=1S/C25H21FN2O4S/c1-12-5-6-13(2)18(11-12)21(30)19-20(16-7-9-17(26)10-8-16)28(24(32)22(19)31)25-27-14(3)23(33-25)15(4)29/h5-11,20,30H,1-4H3/b21-19+. The molecule has 0 radical (unpaired) electrons. The Bertz CT molecular complexity index is 1340. The van der Waals surface area contributed by atoms with Gasteiger partial charge in [-0.05, 0) is 50.1 Å². The van der Waals surface area contributed by atoms with Gasteiger partial charge in [-0.15, -0.1) is 0 Å². The summed E-state index contributed by atoms with van der Waals surface area (Å²) >= 11 is 1.00. The van der Waals surface area contributed by atoms with Crippen LogP contribution < -0.4 is 4.90 Å². The van der Waals surface area contributed by atoms with Gasteiger partial charge in [0.1, 0.15) is 11.6 Å². The van der Waals surface area contributed by atoms with Crippen LogP contribution in [0.3, 0.4) is 0 Å². The van der Waals surface area contributed by atoms with Crippen LogP contribution in [0, 0.1) is 26.6 Å². The lowest BCUT2D eigenvalue weighted by atomic mass is 9.93. The number of aryl methyl sites for hydroxylation is 3. The zero-order chi connectivity index (χ0) is 24.0. The summed E-state index contributed by atoms with van der Waals surface area (Å²) in [6, 6.07) is 9.77. The topological polar surface area (TPSA) is 87.6 Å². The molecule has 1 aliphatic heterocycles. The molecule has 1 aromatic heterocycles. The van der Waals surface area contributed by atoms with Gasteiger partial charge in [0.05, 0.1) is 22.2 Å². The first-order chi connectivity index (χ1) is 15.6. The molecular formula is C25H21FN2O4S. The molecule has 8 heteroatoms. The number of aliphatic hydroxyl groups excluding tert-OH is 1. The van der Waals surface area contributed by atoms with Crippen molar-refractivity contribution in [3.63, 3.8) is 0 Å². The van der Waals surface area contributed by atoms with Crippen molar-refractivity contribution in [2.24, 2.45) is 0 Å². The summed E-state index contributed by atoms with van der Waals surface area (Å²) in [4.78, 5) is 44.3. The van der Waals surface area contributed by atoms with Gasteiger partial charge < -0.3 is 5.11 Å². The minimum absolute atomic E-state index is 0.113. The van der Waals surface area contributed by atoms with E-state index in [-0.39, 0.29) is 22.2 Å². The molecule has 0 aliphatic carbocycles. The van der Waals surface area contributed by atoms with Crippen molar-refractivity contribution in [3.8, 4) is 0 Å². The lowest BCUT2D eigenvalue weighted by molar-refractivity contribution is -0.132. The third-order valence-corrected chi connectivity index (χ3v) is 6.85. The average molecular weight is 465 g/mol. The second-order valence-corrected chi connectivity index (χ2v) is 8.98. The molecule has 168 valence electrons. The van der Waals surface area contributed by atoms with E-state index in [1.807, 2.05) is 19.1 Å². The van der Waals surface area contributed by atoms with Crippen molar-refractivity contribution in [3.05, 3.63) is 86.7 Å². The molecule has 0 bridgehead atoms. The van der Waals surface area contributed by atoms with Crippen molar-refractivity contribution in [2.45, 2.75) is 33.7 Å². The van der Waals surface area contributed by atoms with Gasteiger partial charge in [-0.2, -0.15) is 0 Å². The number of hydrogen-bond acceptors (Lipinski definition) is 6. The number of thiazole rings is 1. The number of amides is 1. The van der Waals surface area contributed by atoms with Crippen LogP contribution in [-0.4, -0.2) is 27.6 Å². The van der Waals surface area contributed by atoms with Gasteiger partial charge in [-0.3, -0.25) is 19.3 Å². The van der Waals surface area contributed by atoms with Crippen molar-refractivity contribution in [1.82, 2.24) is 4.98 Å². The number of hydrogen-bond donors (Lipinski definition) is 1. The molecule has 2 aromatic carbocycles. The molecule has 1 aliphatic rings.